The Balaban J connectivity index is 1.28. The highest BCUT2D eigenvalue weighted by atomic mass is 32.2. The van der Waals surface area contributed by atoms with Crippen molar-refractivity contribution in [3.8, 4) is 11.1 Å². The molecular formula is C31H29F3N6S. The second kappa shape index (κ2) is 11.1. The predicted octanol–water partition coefficient (Wildman–Crippen LogP) is 6.88. The van der Waals surface area contributed by atoms with Crippen LogP contribution in [0.2, 0.25) is 0 Å². The molecule has 2 aliphatic rings. The normalized spacial score (nSPS) is 15.7. The van der Waals surface area contributed by atoms with E-state index in [4.69, 9.17) is 0 Å². The van der Waals surface area contributed by atoms with Crippen molar-refractivity contribution in [1.29, 1.82) is 0 Å². The zero-order chi connectivity index (χ0) is 28.6. The third-order valence-corrected chi connectivity index (χ3v) is 8.45. The number of fused-ring (bicyclic) bond motifs is 1. The monoisotopic (exact) mass is 574 g/mol. The van der Waals surface area contributed by atoms with E-state index < -0.39 is 11.9 Å². The van der Waals surface area contributed by atoms with Crippen LogP contribution in [-0.2, 0) is 13.6 Å². The zero-order valence-corrected chi connectivity index (χ0v) is 23.4. The molecule has 3 heterocycles. The summed E-state index contributed by atoms with van der Waals surface area (Å²) in [6.07, 6.45) is -2.90. The van der Waals surface area contributed by atoms with Crippen molar-refractivity contribution in [3.63, 3.8) is 0 Å². The van der Waals surface area contributed by atoms with Crippen LogP contribution in [0, 0.1) is 0 Å². The fourth-order valence-electron chi connectivity index (χ4n) is 5.15. The lowest BCUT2D eigenvalue weighted by Gasteiger charge is -2.37. The van der Waals surface area contributed by atoms with E-state index in [2.05, 4.69) is 74.1 Å². The van der Waals surface area contributed by atoms with Crippen LogP contribution in [0.4, 0.5) is 18.9 Å². The standard InChI is InChI=1S/C31H29F3N6S/c1-21(39-12-14-41-15-13-39)40(20-22-6-8-23(9-7-22)28-18-30(37-36-28)31(32,33)34)27-5-3-4-24(16-27)25-10-11-26-19-35-38(2)29(26)17-25/h3-11,16-17,19H,1,12-15,18,20H2,2H3. The maximum atomic E-state index is 13.0. The van der Waals surface area contributed by atoms with E-state index in [1.54, 1.807) is 0 Å². The molecule has 0 amide bonds. The number of benzene rings is 3. The van der Waals surface area contributed by atoms with E-state index in [-0.39, 0.29) is 6.42 Å². The summed E-state index contributed by atoms with van der Waals surface area (Å²) in [5, 5.41) is 12.6. The minimum atomic E-state index is -4.46. The minimum absolute atomic E-state index is 0.309. The average molecular weight is 575 g/mol. The fourth-order valence-corrected chi connectivity index (χ4v) is 6.06. The number of nitrogens with zero attached hydrogens (tertiary/aromatic N) is 6. The first-order chi connectivity index (χ1) is 19.8. The van der Waals surface area contributed by atoms with Gasteiger partial charge < -0.3 is 9.80 Å². The van der Waals surface area contributed by atoms with Crippen molar-refractivity contribution >= 4 is 39.8 Å². The number of aryl methyl sites for hydroxylation is 1. The summed E-state index contributed by atoms with van der Waals surface area (Å²) in [4.78, 5) is 4.54. The van der Waals surface area contributed by atoms with E-state index in [9.17, 15) is 13.2 Å². The Bertz CT molecular complexity index is 1650. The molecule has 1 fully saturated rings. The average Bonchev–Trinajstić information content (AvgIpc) is 3.64. The summed E-state index contributed by atoms with van der Waals surface area (Å²) in [6.45, 7) is 6.92. The summed E-state index contributed by atoms with van der Waals surface area (Å²) in [5.41, 5.74) is 5.40. The molecule has 4 aromatic rings. The molecule has 0 aliphatic carbocycles. The summed E-state index contributed by atoms with van der Waals surface area (Å²) in [6, 6.07) is 22.3. The molecule has 210 valence electrons. The van der Waals surface area contributed by atoms with Gasteiger partial charge in [-0.2, -0.15) is 35.1 Å². The topological polar surface area (TPSA) is 49.0 Å². The van der Waals surface area contributed by atoms with E-state index in [0.29, 0.717) is 17.8 Å². The molecule has 6 nitrogen and oxygen atoms in total. The van der Waals surface area contributed by atoms with E-state index in [1.165, 1.54) is 0 Å². The van der Waals surface area contributed by atoms with Gasteiger partial charge in [0.2, 0.25) is 0 Å². The van der Waals surface area contributed by atoms with Crippen molar-refractivity contribution in [2.24, 2.45) is 17.3 Å². The number of hydrogen-bond donors (Lipinski definition) is 0. The molecule has 0 atom stereocenters. The van der Waals surface area contributed by atoms with Gasteiger partial charge in [0.05, 0.1) is 17.4 Å². The van der Waals surface area contributed by atoms with Gasteiger partial charge in [-0.25, -0.2) is 0 Å². The number of alkyl halides is 3. The van der Waals surface area contributed by atoms with Gasteiger partial charge in [-0.05, 0) is 40.5 Å². The zero-order valence-electron chi connectivity index (χ0n) is 22.6. The van der Waals surface area contributed by atoms with Crippen molar-refractivity contribution in [2.45, 2.75) is 19.1 Å². The number of anilines is 1. The molecule has 6 rings (SSSR count). The largest absolute Gasteiger partial charge is 0.431 e. The van der Waals surface area contributed by atoms with Crippen LogP contribution in [0.15, 0.2) is 95.5 Å². The second-order valence-electron chi connectivity index (χ2n) is 10.2. The summed E-state index contributed by atoms with van der Waals surface area (Å²) in [7, 11) is 1.94. The Labute approximate surface area is 240 Å². The number of aromatic nitrogens is 2. The van der Waals surface area contributed by atoms with E-state index >= 15 is 0 Å². The lowest BCUT2D eigenvalue weighted by atomic mass is 10.0. The maximum absolute atomic E-state index is 13.0. The summed E-state index contributed by atoms with van der Waals surface area (Å²) in [5.74, 6) is 3.03. The highest BCUT2D eigenvalue weighted by Gasteiger charge is 2.38. The summed E-state index contributed by atoms with van der Waals surface area (Å²) >= 11 is 1.95. The van der Waals surface area contributed by atoms with Gasteiger partial charge in [-0.15, -0.1) is 5.10 Å². The SMILES string of the molecule is C=C(N1CCSCC1)N(Cc1ccc(C2=NN=C(C(F)(F)F)C2)cc1)c1cccc(-c2ccc3cnn(C)c3c2)c1. The third kappa shape index (κ3) is 5.74. The molecule has 1 aromatic heterocycles. The van der Waals surface area contributed by atoms with E-state index in [1.807, 2.05) is 54.0 Å². The van der Waals surface area contributed by atoms with Crippen LogP contribution in [0.3, 0.4) is 0 Å². The predicted molar refractivity (Wildman–Crippen MR) is 161 cm³/mol. The first-order valence-electron chi connectivity index (χ1n) is 13.4. The van der Waals surface area contributed by atoms with Crippen molar-refractivity contribution in [3.05, 3.63) is 96.5 Å². The van der Waals surface area contributed by atoms with Crippen LogP contribution in [0.25, 0.3) is 22.0 Å². The number of halogens is 3. The number of rotatable bonds is 7. The summed E-state index contributed by atoms with van der Waals surface area (Å²) < 4.78 is 41.0. The van der Waals surface area contributed by atoms with Crippen molar-refractivity contribution in [1.82, 2.24) is 14.7 Å². The third-order valence-electron chi connectivity index (χ3n) is 7.51. The molecule has 3 aromatic carbocycles. The van der Waals surface area contributed by atoms with Gasteiger partial charge in [0.1, 0.15) is 11.5 Å². The molecular weight excluding hydrogens is 545 g/mol. The Hall–Kier alpha value is -4.05. The Morgan fingerprint density at radius 1 is 0.951 bits per heavy atom. The highest BCUT2D eigenvalue weighted by molar-refractivity contribution is 7.99. The lowest BCUT2D eigenvalue weighted by Crippen LogP contribution is -2.39. The Kier molecular flexibility index (Phi) is 7.33. The van der Waals surface area contributed by atoms with Crippen molar-refractivity contribution in [2.75, 3.05) is 29.5 Å². The minimum Gasteiger partial charge on any atom is -0.357 e. The first-order valence-corrected chi connectivity index (χ1v) is 14.5. The van der Waals surface area contributed by atoms with Gasteiger partial charge in [-0.3, -0.25) is 4.68 Å². The first kappa shape index (κ1) is 27.1. The second-order valence-corrected chi connectivity index (χ2v) is 11.4. The van der Waals surface area contributed by atoms with Gasteiger partial charge in [0.25, 0.3) is 0 Å². The lowest BCUT2D eigenvalue weighted by molar-refractivity contribution is -0.0596. The van der Waals surface area contributed by atoms with Crippen molar-refractivity contribution < 1.29 is 13.2 Å². The van der Waals surface area contributed by atoms with E-state index in [0.717, 1.165) is 63.7 Å². The Morgan fingerprint density at radius 3 is 2.41 bits per heavy atom. The molecule has 41 heavy (non-hydrogen) atoms. The van der Waals surface area contributed by atoms with Gasteiger partial charge in [-0.1, -0.05) is 55.1 Å². The molecule has 10 heteroatoms. The molecule has 0 unspecified atom stereocenters. The van der Waals surface area contributed by atoms with Crippen LogP contribution in [0.1, 0.15) is 17.5 Å². The molecule has 2 aliphatic heterocycles. The Morgan fingerprint density at radius 2 is 1.68 bits per heavy atom. The number of thioether (sulfide) groups is 1. The highest BCUT2D eigenvalue weighted by Crippen LogP contribution is 2.31. The number of hydrogen-bond acceptors (Lipinski definition) is 6. The molecule has 0 spiro atoms. The smallest absolute Gasteiger partial charge is 0.357 e. The van der Waals surface area contributed by atoms with Crippen LogP contribution in [-0.4, -0.2) is 56.9 Å². The van der Waals surface area contributed by atoms with Gasteiger partial charge in [0.15, 0.2) is 0 Å². The van der Waals surface area contributed by atoms with Gasteiger partial charge in [0, 0.05) is 55.7 Å². The molecule has 0 radical (unpaired) electrons. The molecule has 1 saturated heterocycles. The maximum Gasteiger partial charge on any atom is 0.431 e. The fraction of sp³-hybridized carbons (Fsp3) is 0.258. The van der Waals surface area contributed by atoms with Crippen LogP contribution in [0.5, 0.6) is 0 Å². The quantitative estimate of drug-likeness (QED) is 0.242. The van der Waals surface area contributed by atoms with Gasteiger partial charge >= 0.3 is 6.18 Å². The molecule has 0 saturated carbocycles. The van der Waals surface area contributed by atoms with Crippen LogP contribution < -0.4 is 4.90 Å². The molecule has 0 N–H and O–H groups in total. The van der Waals surface area contributed by atoms with Crippen LogP contribution >= 0.6 is 11.8 Å². The molecule has 0 bridgehead atoms.